The van der Waals surface area contributed by atoms with Crippen LogP contribution in [-0.2, 0) is 6.42 Å². The van der Waals surface area contributed by atoms with Crippen molar-refractivity contribution >= 4 is 0 Å². The molecule has 0 amide bonds. The van der Waals surface area contributed by atoms with Gasteiger partial charge in [0.1, 0.15) is 11.5 Å². The van der Waals surface area contributed by atoms with Gasteiger partial charge >= 0.3 is 0 Å². The van der Waals surface area contributed by atoms with E-state index in [2.05, 4.69) is 37.4 Å². The monoisotopic (exact) mass is 273 g/mol. The summed E-state index contributed by atoms with van der Waals surface area (Å²) in [6.45, 7) is 5.26. The smallest absolute Gasteiger partial charge is 0.119 e. The Bertz CT molecular complexity index is 533. The molecule has 2 aromatic rings. The molecular formula is C17H23NO2. The molecule has 1 heterocycles. The number of nitrogens with one attached hydrogen (secondary N) is 1. The Morgan fingerprint density at radius 3 is 2.80 bits per heavy atom. The zero-order valence-corrected chi connectivity index (χ0v) is 12.5. The van der Waals surface area contributed by atoms with Gasteiger partial charge in [-0.25, -0.2) is 0 Å². The Morgan fingerprint density at radius 2 is 2.10 bits per heavy atom. The van der Waals surface area contributed by atoms with Gasteiger partial charge in [0.05, 0.1) is 19.4 Å². The summed E-state index contributed by atoms with van der Waals surface area (Å²) in [6.07, 6.45) is 3.77. The molecule has 20 heavy (non-hydrogen) atoms. The van der Waals surface area contributed by atoms with Crippen molar-refractivity contribution < 1.29 is 9.15 Å². The molecule has 0 radical (unpaired) electrons. The molecule has 2 rings (SSSR count). The van der Waals surface area contributed by atoms with E-state index >= 15 is 0 Å². The van der Waals surface area contributed by atoms with Gasteiger partial charge in [-0.15, -0.1) is 0 Å². The van der Waals surface area contributed by atoms with Gasteiger partial charge in [0.15, 0.2) is 0 Å². The molecule has 0 saturated heterocycles. The molecule has 0 spiro atoms. The van der Waals surface area contributed by atoms with Gasteiger partial charge in [-0.3, -0.25) is 0 Å². The standard InChI is InChI=1S/C17H23NO2/c1-4-10-18-17(15-9-11-20-16(15)5-2)13-7-6-8-14(12-13)19-3/h6-9,11-12,17-18H,4-5,10H2,1-3H3. The number of aryl methyl sites for hydroxylation is 1. The topological polar surface area (TPSA) is 34.4 Å². The van der Waals surface area contributed by atoms with Crippen LogP contribution in [0.5, 0.6) is 5.75 Å². The van der Waals surface area contributed by atoms with Crippen molar-refractivity contribution in [1.82, 2.24) is 5.32 Å². The average molecular weight is 273 g/mol. The second kappa shape index (κ2) is 7.15. The van der Waals surface area contributed by atoms with Gasteiger partial charge in [-0.05, 0) is 36.7 Å². The fraction of sp³-hybridized carbons (Fsp3) is 0.412. The van der Waals surface area contributed by atoms with E-state index in [0.717, 1.165) is 30.9 Å². The van der Waals surface area contributed by atoms with E-state index in [1.807, 2.05) is 12.1 Å². The second-order valence-corrected chi connectivity index (χ2v) is 4.82. The van der Waals surface area contributed by atoms with E-state index in [1.54, 1.807) is 13.4 Å². The third kappa shape index (κ3) is 3.23. The zero-order valence-electron chi connectivity index (χ0n) is 12.5. The summed E-state index contributed by atoms with van der Waals surface area (Å²) in [5.74, 6) is 1.92. The number of ether oxygens (including phenoxy) is 1. The van der Waals surface area contributed by atoms with Crippen molar-refractivity contribution in [1.29, 1.82) is 0 Å². The van der Waals surface area contributed by atoms with E-state index in [0.29, 0.717) is 0 Å². The predicted molar refractivity (Wildman–Crippen MR) is 81.2 cm³/mol. The Balaban J connectivity index is 2.36. The van der Waals surface area contributed by atoms with Crippen LogP contribution in [0.4, 0.5) is 0 Å². The molecule has 0 aliphatic heterocycles. The molecule has 0 saturated carbocycles. The van der Waals surface area contributed by atoms with Crippen molar-refractivity contribution in [3.63, 3.8) is 0 Å². The summed E-state index contributed by atoms with van der Waals surface area (Å²) in [5.41, 5.74) is 2.42. The molecule has 3 nitrogen and oxygen atoms in total. The minimum atomic E-state index is 0.152. The minimum Gasteiger partial charge on any atom is -0.497 e. The lowest BCUT2D eigenvalue weighted by molar-refractivity contribution is 0.413. The minimum absolute atomic E-state index is 0.152. The first kappa shape index (κ1) is 14.7. The molecule has 0 fully saturated rings. The molecule has 0 aliphatic rings. The molecule has 1 aromatic carbocycles. The van der Waals surface area contributed by atoms with Crippen molar-refractivity contribution in [2.24, 2.45) is 0 Å². The third-order valence-corrected chi connectivity index (χ3v) is 3.44. The number of hydrogen-bond acceptors (Lipinski definition) is 3. The fourth-order valence-corrected chi connectivity index (χ4v) is 2.41. The molecule has 1 unspecified atom stereocenters. The maximum absolute atomic E-state index is 5.58. The summed E-state index contributed by atoms with van der Waals surface area (Å²) in [7, 11) is 1.70. The summed E-state index contributed by atoms with van der Waals surface area (Å²) in [6, 6.07) is 10.4. The van der Waals surface area contributed by atoms with Gasteiger partial charge in [0.2, 0.25) is 0 Å². The Hall–Kier alpha value is -1.74. The van der Waals surface area contributed by atoms with Crippen molar-refractivity contribution in [2.45, 2.75) is 32.7 Å². The van der Waals surface area contributed by atoms with E-state index in [1.165, 1.54) is 11.1 Å². The van der Waals surface area contributed by atoms with Crippen molar-refractivity contribution in [3.8, 4) is 5.75 Å². The van der Waals surface area contributed by atoms with Gasteiger partial charge in [0, 0.05) is 12.0 Å². The van der Waals surface area contributed by atoms with Crippen LogP contribution in [0, 0.1) is 0 Å². The van der Waals surface area contributed by atoms with Crippen LogP contribution in [0.15, 0.2) is 41.0 Å². The first-order chi connectivity index (χ1) is 9.80. The molecule has 1 aromatic heterocycles. The lowest BCUT2D eigenvalue weighted by Gasteiger charge is -2.19. The highest BCUT2D eigenvalue weighted by atomic mass is 16.5. The highest BCUT2D eigenvalue weighted by Crippen LogP contribution is 2.28. The van der Waals surface area contributed by atoms with E-state index in [9.17, 15) is 0 Å². The van der Waals surface area contributed by atoms with Crippen LogP contribution in [0.25, 0.3) is 0 Å². The van der Waals surface area contributed by atoms with Crippen molar-refractivity contribution in [3.05, 3.63) is 53.5 Å². The average Bonchev–Trinajstić information content (AvgIpc) is 2.96. The van der Waals surface area contributed by atoms with E-state index in [-0.39, 0.29) is 6.04 Å². The zero-order chi connectivity index (χ0) is 14.4. The highest BCUT2D eigenvalue weighted by molar-refractivity contribution is 5.37. The summed E-state index contributed by atoms with van der Waals surface area (Å²) in [4.78, 5) is 0. The second-order valence-electron chi connectivity index (χ2n) is 4.82. The van der Waals surface area contributed by atoms with Crippen LogP contribution in [-0.4, -0.2) is 13.7 Å². The summed E-state index contributed by atoms with van der Waals surface area (Å²) in [5, 5.41) is 3.60. The lowest BCUT2D eigenvalue weighted by atomic mass is 9.98. The first-order valence-electron chi connectivity index (χ1n) is 7.23. The quantitative estimate of drug-likeness (QED) is 0.829. The van der Waals surface area contributed by atoms with E-state index < -0.39 is 0 Å². The normalized spacial score (nSPS) is 12.3. The number of methoxy groups -OCH3 is 1. The number of rotatable bonds is 7. The summed E-state index contributed by atoms with van der Waals surface area (Å²) < 4.78 is 10.9. The number of furan rings is 1. The van der Waals surface area contributed by atoms with Crippen LogP contribution < -0.4 is 10.1 Å². The SMILES string of the molecule is CCCNC(c1cccc(OC)c1)c1ccoc1CC. The van der Waals surface area contributed by atoms with Crippen LogP contribution in [0.2, 0.25) is 0 Å². The predicted octanol–water partition coefficient (Wildman–Crippen LogP) is 3.94. The summed E-state index contributed by atoms with van der Waals surface area (Å²) >= 11 is 0. The van der Waals surface area contributed by atoms with Crippen LogP contribution in [0.1, 0.15) is 43.2 Å². The molecular weight excluding hydrogens is 250 g/mol. The highest BCUT2D eigenvalue weighted by Gasteiger charge is 2.18. The van der Waals surface area contributed by atoms with Crippen LogP contribution in [0.3, 0.4) is 0 Å². The fourth-order valence-electron chi connectivity index (χ4n) is 2.41. The maximum Gasteiger partial charge on any atom is 0.119 e. The molecule has 0 bridgehead atoms. The number of hydrogen-bond donors (Lipinski definition) is 1. The molecule has 1 atom stereocenters. The Labute approximate surface area is 121 Å². The Kier molecular flexibility index (Phi) is 5.24. The third-order valence-electron chi connectivity index (χ3n) is 3.44. The molecule has 0 aliphatic carbocycles. The first-order valence-corrected chi connectivity index (χ1v) is 7.23. The Morgan fingerprint density at radius 1 is 1.25 bits per heavy atom. The van der Waals surface area contributed by atoms with E-state index in [4.69, 9.17) is 9.15 Å². The number of benzene rings is 1. The molecule has 108 valence electrons. The van der Waals surface area contributed by atoms with Gasteiger partial charge in [-0.1, -0.05) is 26.0 Å². The van der Waals surface area contributed by atoms with Crippen molar-refractivity contribution in [2.75, 3.05) is 13.7 Å². The van der Waals surface area contributed by atoms with Crippen LogP contribution >= 0.6 is 0 Å². The van der Waals surface area contributed by atoms with Gasteiger partial charge in [-0.2, -0.15) is 0 Å². The van der Waals surface area contributed by atoms with Gasteiger partial charge in [0.25, 0.3) is 0 Å². The molecule has 3 heteroatoms. The molecule has 1 N–H and O–H groups in total. The van der Waals surface area contributed by atoms with Gasteiger partial charge < -0.3 is 14.5 Å². The largest absolute Gasteiger partial charge is 0.497 e. The lowest BCUT2D eigenvalue weighted by Crippen LogP contribution is -2.23. The maximum atomic E-state index is 5.58.